The van der Waals surface area contributed by atoms with E-state index in [4.69, 9.17) is 4.74 Å². The first-order valence-electron chi connectivity index (χ1n) is 8.09. The molecule has 2 N–H and O–H groups in total. The van der Waals surface area contributed by atoms with Gasteiger partial charge in [-0.25, -0.2) is 4.39 Å². The van der Waals surface area contributed by atoms with Crippen molar-refractivity contribution in [1.82, 2.24) is 10.6 Å². The number of carbonyl (C=O) groups excluding carboxylic acids is 1. The Bertz CT molecular complexity index is 545. The Hall–Kier alpha value is -1.33. The van der Waals surface area contributed by atoms with Gasteiger partial charge in [-0.15, -0.1) is 12.4 Å². The molecule has 1 aromatic carbocycles. The number of hydrogen-bond donors (Lipinski definition) is 2. The third-order valence-electron chi connectivity index (χ3n) is 4.36. The van der Waals surface area contributed by atoms with Crippen LogP contribution in [0.5, 0.6) is 5.75 Å². The molecular formula is C17H24ClFN2O2. The topological polar surface area (TPSA) is 50.4 Å². The van der Waals surface area contributed by atoms with E-state index in [-0.39, 0.29) is 36.2 Å². The highest BCUT2D eigenvalue weighted by Crippen LogP contribution is 2.30. The van der Waals surface area contributed by atoms with Gasteiger partial charge in [-0.3, -0.25) is 4.79 Å². The van der Waals surface area contributed by atoms with Crippen LogP contribution in [0, 0.1) is 11.7 Å². The zero-order valence-electron chi connectivity index (χ0n) is 13.3. The second-order valence-electron chi connectivity index (χ2n) is 6.32. The summed E-state index contributed by atoms with van der Waals surface area (Å²) in [7, 11) is 0. The number of hydrogen-bond acceptors (Lipinski definition) is 3. The molecule has 0 spiro atoms. The van der Waals surface area contributed by atoms with Crippen LogP contribution < -0.4 is 15.4 Å². The molecule has 2 unspecified atom stereocenters. The number of rotatable bonds is 6. The van der Waals surface area contributed by atoms with Crippen LogP contribution in [0.4, 0.5) is 4.39 Å². The first-order valence-corrected chi connectivity index (χ1v) is 8.09. The van der Waals surface area contributed by atoms with Gasteiger partial charge in [-0.2, -0.15) is 0 Å². The third-order valence-corrected chi connectivity index (χ3v) is 4.36. The van der Waals surface area contributed by atoms with E-state index in [0.29, 0.717) is 18.3 Å². The fourth-order valence-corrected chi connectivity index (χ4v) is 2.70. The number of benzene rings is 1. The molecule has 1 amide bonds. The Morgan fingerprint density at radius 3 is 2.83 bits per heavy atom. The molecule has 1 aliphatic carbocycles. The van der Waals surface area contributed by atoms with Crippen LogP contribution in [0.2, 0.25) is 0 Å². The lowest BCUT2D eigenvalue weighted by atomic mass is 10.1. The Kier molecular flexibility index (Phi) is 6.25. The SMILES string of the molecule is CC(NC(=O)C1CCCN1)c1ccc(OCC2CC2)c(F)c1.Cl. The molecule has 2 aliphatic rings. The van der Waals surface area contributed by atoms with E-state index in [9.17, 15) is 9.18 Å². The maximum Gasteiger partial charge on any atom is 0.237 e. The second kappa shape index (κ2) is 7.97. The Labute approximate surface area is 142 Å². The lowest BCUT2D eigenvalue weighted by Gasteiger charge is -2.18. The molecule has 1 saturated carbocycles. The van der Waals surface area contributed by atoms with Gasteiger partial charge in [0.25, 0.3) is 0 Å². The van der Waals surface area contributed by atoms with E-state index in [1.807, 2.05) is 13.0 Å². The van der Waals surface area contributed by atoms with Crippen LogP contribution in [0.25, 0.3) is 0 Å². The predicted octanol–water partition coefficient (Wildman–Crippen LogP) is 2.97. The van der Waals surface area contributed by atoms with Crippen molar-refractivity contribution in [3.63, 3.8) is 0 Å². The Morgan fingerprint density at radius 2 is 2.22 bits per heavy atom. The van der Waals surface area contributed by atoms with Gasteiger partial charge < -0.3 is 15.4 Å². The number of halogens is 2. The van der Waals surface area contributed by atoms with E-state index >= 15 is 0 Å². The van der Waals surface area contributed by atoms with E-state index in [0.717, 1.165) is 24.9 Å². The fraction of sp³-hybridized carbons (Fsp3) is 0.588. The average molecular weight is 343 g/mol. The van der Waals surface area contributed by atoms with Crippen molar-refractivity contribution in [1.29, 1.82) is 0 Å². The molecule has 1 heterocycles. The van der Waals surface area contributed by atoms with Gasteiger partial charge in [0, 0.05) is 0 Å². The van der Waals surface area contributed by atoms with Gasteiger partial charge in [0.2, 0.25) is 5.91 Å². The molecule has 128 valence electrons. The highest BCUT2D eigenvalue weighted by atomic mass is 35.5. The number of amides is 1. The molecule has 1 aromatic rings. The summed E-state index contributed by atoms with van der Waals surface area (Å²) in [6, 6.07) is 4.59. The highest BCUT2D eigenvalue weighted by Gasteiger charge is 2.24. The van der Waals surface area contributed by atoms with E-state index in [1.165, 1.54) is 18.9 Å². The zero-order chi connectivity index (χ0) is 15.5. The second-order valence-corrected chi connectivity index (χ2v) is 6.32. The lowest BCUT2D eigenvalue weighted by Crippen LogP contribution is -2.41. The van der Waals surface area contributed by atoms with Crippen molar-refractivity contribution >= 4 is 18.3 Å². The Morgan fingerprint density at radius 1 is 1.43 bits per heavy atom. The lowest BCUT2D eigenvalue weighted by molar-refractivity contribution is -0.123. The van der Waals surface area contributed by atoms with Gasteiger partial charge in [0.15, 0.2) is 11.6 Å². The molecule has 0 aromatic heterocycles. The predicted molar refractivity (Wildman–Crippen MR) is 89.4 cm³/mol. The monoisotopic (exact) mass is 342 g/mol. The molecule has 3 rings (SSSR count). The van der Waals surface area contributed by atoms with Crippen molar-refractivity contribution < 1.29 is 13.9 Å². The molecule has 23 heavy (non-hydrogen) atoms. The van der Waals surface area contributed by atoms with Crippen LogP contribution in [-0.4, -0.2) is 25.1 Å². The minimum atomic E-state index is -0.363. The largest absolute Gasteiger partial charge is 0.490 e. The average Bonchev–Trinajstić information content (AvgIpc) is 3.16. The third kappa shape index (κ3) is 4.82. The minimum absolute atomic E-state index is 0. The van der Waals surface area contributed by atoms with Crippen LogP contribution in [0.15, 0.2) is 18.2 Å². The standard InChI is InChI=1S/C17H23FN2O2.ClH/c1-11(20-17(21)15-3-2-8-19-15)13-6-7-16(14(18)9-13)22-10-12-4-5-12;/h6-7,9,11-12,15,19H,2-5,8,10H2,1H3,(H,20,21);1H. The molecule has 1 saturated heterocycles. The van der Waals surface area contributed by atoms with Gasteiger partial charge in [0.05, 0.1) is 18.7 Å². The van der Waals surface area contributed by atoms with Crippen molar-refractivity contribution in [2.24, 2.45) is 5.92 Å². The van der Waals surface area contributed by atoms with Crippen molar-refractivity contribution in [3.8, 4) is 5.75 Å². The highest BCUT2D eigenvalue weighted by molar-refractivity contribution is 5.85. The molecule has 0 bridgehead atoms. The van der Waals surface area contributed by atoms with Crippen LogP contribution >= 0.6 is 12.4 Å². The van der Waals surface area contributed by atoms with Crippen LogP contribution in [0.1, 0.15) is 44.2 Å². The first-order chi connectivity index (χ1) is 10.6. The summed E-state index contributed by atoms with van der Waals surface area (Å²) in [5.74, 6) is 0.514. The van der Waals surface area contributed by atoms with Gasteiger partial charge in [-0.05, 0) is 62.8 Å². The molecular weight excluding hydrogens is 319 g/mol. The van der Waals surface area contributed by atoms with Crippen LogP contribution in [0.3, 0.4) is 0 Å². The first kappa shape index (κ1) is 18.0. The van der Waals surface area contributed by atoms with Crippen molar-refractivity contribution in [2.75, 3.05) is 13.2 Å². The summed E-state index contributed by atoms with van der Waals surface area (Å²) in [4.78, 5) is 12.1. The van der Waals surface area contributed by atoms with E-state index in [1.54, 1.807) is 6.07 Å². The summed E-state index contributed by atoms with van der Waals surface area (Å²) in [5.41, 5.74) is 0.752. The van der Waals surface area contributed by atoms with Gasteiger partial charge >= 0.3 is 0 Å². The summed E-state index contributed by atoms with van der Waals surface area (Å²) >= 11 is 0. The smallest absolute Gasteiger partial charge is 0.237 e. The molecule has 0 radical (unpaired) electrons. The fourth-order valence-electron chi connectivity index (χ4n) is 2.70. The summed E-state index contributed by atoms with van der Waals surface area (Å²) in [6.07, 6.45) is 4.24. The minimum Gasteiger partial charge on any atom is -0.490 e. The Balaban J connectivity index is 0.00000192. The molecule has 2 atom stereocenters. The summed E-state index contributed by atoms with van der Waals surface area (Å²) in [5, 5.41) is 6.10. The molecule has 2 fully saturated rings. The number of carbonyl (C=O) groups is 1. The van der Waals surface area contributed by atoms with Crippen molar-refractivity contribution in [2.45, 2.75) is 44.7 Å². The zero-order valence-corrected chi connectivity index (χ0v) is 14.1. The van der Waals surface area contributed by atoms with Gasteiger partial charge in [0.1, 0.15) is 0 Å². The summed E-state index contributed by atoms with van der Waals surface area (Å²) in [6.45, 7) is 3.34. The maximum atomic E-state index is 14.1. The quantitative estimate of drug-likeness (QED) is 0.835. The number of nitrogens with one attached hydrogen (secondary N) is 2. The molecule has 1 aliphatic heterocycles. The molecule has 6 heteroatoms. The van der Waals surface area contributed by atoms with E-state index in [2.05, 4.69) is 10.6 Å². The normalized spacial score (nSPS) is 21.4. The maximum absolute atomic E-state index is 14.1. The van der Waals surface area contributed by atoms with Crippen LogP contribution in [-0.2, 0) is 4.79 Å². The van der Waals surface area contributed by atoms with Gasteiger partial charge in [-0.1, -0.05) is 6.07 Å². The number of ether oxygens (including phenoxy) is 1. The summed E-state index contributed by atoms with van der Waals surface area (Å²) < 4.78 is 19.6. The van der Waals surface area contributed by atoms with E-state index < -0.39 is 0 Å². The van der Waals surface area contributed by atoms with Crippen molar-refractivity contribution in [3.05, 3.63) is 29.6 Å². The molecule has 4 nitrogen and oxygen atoms in total.